The minimum absolute atomic E-state index is 0.103. The molecular formula is C28H29F3N2O3S. The summed E-state index contributed by atoms with van der Waals surface area (Å²) >= 11 is 1.67. The Morgan fingerprint density at radius 3 is 2.62 bits per heavy atom. The number of hydrogen-bond acceptors (Lipinski definition) is 4. The number of alkyl halides is 3. The molecule has 37 heavy (non-hydrogen) atoms. The molecule has 0 bridgehead atoms. The first-order valence-corrected chi connectivity index (χ1v) is 13.0. The van der Waals surface area contributed by atoms with Crippen molar-refractivity contribution in [2.24, 2.45) is 0 Å². The lowest BCUT2D eigenvalue weighted by atomic mass is 9.90. The summed E-state index contributed by atoms with van der Waals surface area (Å²) in [6, 6.07) is 14.0. The van der Waals surface area contributed by atoms with Gasteiger partial charge in [0.1, 0.15) is 6.54 Å². The van der Waals surface area contributed by atoms with Crippen LogP contribution in [-0.4, -0.2) is 55.0 Å². The van der Waals surface area contributed by atoms with Crippen molar-refractivity contribution in [3.63, 3.8) is 0 Å². The Bertz CT molecular complexity index is 1260. The van der Waals surface area contributed by atoms with Crippen LogP contribution in [0.5, 0.6) is 0 Å². The highest BCUT2D eigenvalue weighted by atomic mass is 32.1. The number of benzene rings is 2. The number of rotatable bonds is 8. The Kier molecular flexibility index (Phi) is 8.34. The average Bonchev–Trinajstić information content (AvgIpc) is 3.36. The fraction of sp³-hybridized carbons (Fsp3) is 0.357. The van der Waals surface area contributed by atoms with Crippen LogP contribution >= 0.6 is 11.3 Å². The van der Waals surface area contributed by atoms with E-state index < -0.39 is 17.6 Å². The first-order valence-electron chi connectivity index (χ1n) is 12.1. The molecule has 1 aliphatic heterocycles. The smallest absolute Gasteiger partial charge is 0.385 e. The van der Waals surface area contributed by atoms with E-state index in [0.717, 1.165) is 28.8 Å². The van der Waals surface area contributed by atoms with E-state index >= 15 is 0 Å². The summed E-state index contributed by atoms with van der Waals surface area (Å²) in [5.41, 5.74) is 2.15. The quantitative estimate of drug-likeness (QED) is 0.350. The molecule has 1 aliphatic rings. The Labute approximate surface area is 218 Å². The fourth-order valence-corrected chi connectivity index (χ4v) is 5.64. The number of thiophene rings is 1. The number of carbonyl (C=O) groups excluding carboxylic acids is 2. The molecule has 2 heterocycles. The summed E-state index contributed by atoms with van der Waals surface area (Å²) in [5, 5.41) is 2.03. The van der Waals surface area contributed by atoms with Gasteiger partial charge in [0.2, 0.25) is 5.91 Å². The number of fused-ring (bicyclic) bond motifs is 1. The van der Waals surface area contributed by atoms with Gasteiger partial charge in [0.05, 0.1) is 11.6 Å². The lowest BCUT2D eigenvalue weighted by molar-refractivity contribution is -0.137. The van der Waals surface area contributed by atoms with Crippen LogP contribution in [0, 0.1) is 6.92 Å². The largest absolute Gasteiger partial charge is 0.416 e. The molecule has 3 aromatic rings. The summed E-state index contributed by atoms with van der Waals surface area (Å²) in [6.45, 7) is 2.80. The monoisotopic (exact) mass is 530 g/mol. The molecule has 5 nitrogen and oxygen atoms in total. The summed E-state index contributed by atoms with van der Waals surface area (Å²) in [4.78, 5) is 31.5. The van der Waals surface area contributed by atoms with Gasteiger partial charge in [-0.15, -0.1) is 11.3 Å². The number of amides is 2. The van der Waals surface area contributed by atoms with Gasteiger partial charge in [-0.3, -0.25) is 9.59 Å². The fourth-order valence-electron chi connectivity index (χ4n) is 4.73. The maximum absolute atomic E-state index is 13.8. The first-order chi connectivity index (χ1) is 17.7. The van der Waals surface area contributed by atoms with Gasteiger partial charge in [0.15, 0.2) is 0 Å². The zero-order valence-electron chi connectivity index (χ0n) is 20.8. The van der Waals surface area contributed by atoms with Crippen LogP contribution in [-0.2, 0) is 22.1 Å². The molecule has 0 fully saturated rings. The highest BCUT2D eigenvalue weighted by Crippen LogP contribution is 2.39. The molecule has 2 aromatic carbocycles. The van der Waals surface area contributed by atoms with E-state index in [9.17, 15) is 22.8 Å². The molecule has 196 valence electrons. The van der Waals surface area contributed by atoms with Gasteiger partial charge in [-0.05, 0) is 66.1 Å². The van der Waals surface area contributed by atoms with E-state index in [0.29, 0.717) is 26.0 Å². The topological polar surface area (TPSA) is 49.9 Å². The molecule has 0 N–H and O–H groups in total. The summed E-state index contributed by atoms with van der Waals surface area (Å²) in [5.74, 6) is -0.862. The molecule has 0 saturated heterocycles. The van der Waals surface area contributed by atoms with Crippen molar-refractivity contribution in [3.8, 4) is 0 Å². The van der Waals surface area contributed by atoms with E-state index in [2.05, 4.69) is 0 Å². The van der Waals surface area contributed by atoms with Gasteiger partial charge in [-0.2, -0.15) is 13.2 Å². The first kappa shape index (κ1) is 26.9. The van der Waals surface area contributed by atoms with Crippen molar-refractivity contribution in [2.75, 3.05) is 33.4 Å². The van der Waals surface area contributed by atoms with Crippen LogP contribution in [0.1, 0.15) is 50.0 Å². The van der Waals surface area contributed by atoms with E-state index in [4.69, 9.17) is 4.74 Å². The molecule has 1 aromatic heterocycles. The molecule has 0 saturated carbocycles. The lowest BCUT2D eigenvalue weighted by Crippen LogP contribution is -2.47. The standard InChI is InChI=1S/C28H29F3N2O3S/c1-19-7-3-4-10-22(19)26-23-12-16-37-24(23)11-14-33(26)25(34)18-32(13-6-15-36-2)27(35)20-8-5-9-21(17-20)28(29,30)31/h3-5,7-10,12,16-17,26H,6,11,13-15,18H2,1-2H3. The molecule has 0 aliphatic carbocycles. The Morgan fingerprint density at radius 2 is 1.89 bits per heavy atom. The molecule has 4 rings (SSSR count). The van der Waals surface area contributed by atoms with Crippen LogP contribution in [0.4, 0.5) is 13.2 Å². The van der Waals surface area contributed by atoms with E-state index in [-0.39, 0.29) is 30.6 Å². The molecule has 0 radical (unpaired) electrons. The third-order valence-corrected chi connectivity index (χ3v) is 7.59. The highest BCUT2D eigenvalue weighted by Gasteiger charge is 2.35. The Hall–Kier alpha value is -3.17. The maximum atomic E-state index is 13.8. The summed E-state index contributed by atoms with van der Waals surface area (Å²) < 4.78 is 44.9. The Balaban J connectivity index is 1.62. The predicted octanol–water partition coefficient (Wildman–Crippen LogP) is 5.73. The van der Waals surface area contributed by atoms with Crippen molar-refractivity contribution in [2.45, 2.75) is 32.0 Å². The SMILES string of the molecule is COCCCN(CC(=O)N1CCc2sccc2C1c1ccccc1C)C(=O)c1cccc(C(F)(F)F)c1. The summed E-state index contributed by atoms with van der Waals surface area (Å²) in [6.07, 6.45) is -3.41. The molecule has 9 heteroatoms. The number of nitrogens with zero attached hydrogens (tertiary/aromatic N) is 2. The van der Waals surface area contributed by atoms with Crippen molar-refractivity contribution >= 4 is 23.2 Å². The van der Waals surface area contributed by atoms with Gasteiger partial charge in [0, 0.05) is 37.2 Å². The van der Waals surface area contributed by atoms with Crippen molar-refractivity contribution < 1.29 is 27.5 Å². The van der Waals surface area contributed by atoms with Crippen molar-refractivity contribution in [1.29, 1.82) is 0 Å². The highest BCUT2D eigenvalue weighted by molar-refractivity contribution is 7.10. The second kappa shape index (κ2) is 11.5. The number of hydrogen-bond donors (Lipinski definition) is 0. The molecule has 2 amide bonds. The molecule has 0 spiro atoms. The zero-order valence-corrected chi connectivity index (χ0v) is 21.6. The molecule has 1 unspecified atom stereocenters. The van der Waals surface area contributed by atoms with Gasteiger partial charge in [-0.25, -0.2) is 0 Å². The van der Waals surface area contributed by atoms with E-state index in [1.54, 1.807) is 16.2 Å². The lowest BCUT2D eigenvalue weighted by Gasteiger charge is -2.38. The van der Waals surface area contributed by atoms with Crippen LogP contribution in [0.25, 0.3) is 0 Å². The van der Waals surface area contributed by atoms with Crippen LogP contribution in [0.3, 0.4) is 0 Å². The minimum atomic E-state index is -4.57. The number of ether oxygens (including phenoxy) is 1. The van der Waals surface area contributed by atoms with Crippen LogP contribution in [0.2, 0.25) is 0 Å². The summed E-state index contributed by atoms with van der Waals surface area (Å²) in [7, 11) is 1.53. The number of aryl methyl sites for hydroxylation is 1. The normalized spacial score (nSPS) is 15.4. The second-order valence-electron chi connectivity index (χ2n) is 9.05. The van der Waals surface area contributed by atoms with Crippen LogP contribution in [0.15, 0.2) is 60.0 Å². The maximum Gasteiger partial charge on any atom is 0.416 e. The van der Waals surface area contributed by atoms with Crippen molar-refractivity contribution in [3.05, 3.63) is 92.7 Å². The van der Waals surface area contributed by atoms with Gasteiger partial charge >= 0.3 is 6.18 Å². The van der Waals surface area contributed by atoms with Gasteiger partial charge in [0.25, 0.3) is 5.91 Å². The Morgan fingerprint density at radius 1 is 1.11 bits per heavy atom. The van der Waals surface area contributed by atoms with E-state index in [1.807, 2.05) is 42.6 Å². The predicted molar refractivity (Wildman–Crippen MR) is 137 cm³/mol. The molecule has 1 atom stereocenters. The second-order valence-corrected chi connectivity index (χ2v) is 10.0. The minimum Gasteiger partial charge on any atom is -0.385 e. The number of methoxy groups -OCH3 is 1. The zero-order chi connectivity index (χ0) is 26.6. The van der Waals surface area contributed by atoms with Crippen LogP contribution < -0.4 is 0 Å². The number of halogens is 3. The molecular weight excluding hydrogens is 501 g/mol. The third kappa shape index (κ3) is 6.05. The number of carbonyl (C=O) groups is 2. The van der Waals surface area contributed by atoms with Crippen molar-refractivity contribution in [1.82, 2.24) is 9.80 Å². The van der Waals surface area contributed by atoms with Gasteiger partial charge in [-0.1, -0.05) is 30.3 Å². The third-order valence-electron chi connectivity index (χ3n) is 6.60. The van der Waals surface area contributed by atoms with Gasteiger partial charge < -0.3 is 14.5 Å². The van der Waals surface area contributed by atoms with E-state index in [1.165, 1.54) is 29.0 Å². The average molecular weight is 531 g/mol.